The van der Waals surface area contributed by atoms with Gasteiger partial charge in [-0.05, 0) is 31.0 Å². The molecule has 0 bridgehead atoms. The van der Waals surface area contributed by atoms with Crippen LogP contribution in [0.1, 0.15) is 31.1 Å². The topological polar surface area (TPSA) is 105 Å². The summed E-state index contributed by atoms with van der Waals surface area (Å²) in [4.78, 5) is 24.5. The summed E-state index contributed by atoms with van der Waals surface area (Å²) in [6, 6.07) is 16.4. The van der Waals surface area contributed by atoms with Gasteiger partial charge in [0.25, 0.3) is 5.91 Å². The molecule has 0 aliphatic rings. The van der Waals surface area contributed by atoms with Crippen molar-refractivity contribution in [2.75, 3.05) is 6.61 Å². The van der Waals surface area contributed by atoms with Crippen LogP contribution in [-0.4, -0.2) is 29.2 Å². The number of benzene rings is 2. The van der Waals surface area contributed by atoms with Gasteiger partial charge in [0.1, 0.15) is 11.1 Å². The van der Waals surface area contributed by atoms with E-state index in [1.165, 1.54) is 0 Å². The van der Waals surface area contributed by atoms with Crippen molar-refractivity contribution in [1.82, 2.24) is 10.5 Å². The molecule has 0 aliphatic heterocycles. The zero-order valence-corrected chi connectivity index (χ0v) is 16.4. The van der Waals surface area contributed by atoms with E-state index >= 15 is 0 Å². The van der Waals surface area contributed by atoms with E-state index in [4.69, 9.17) is 9.26 Å². The van der Waals surface area contributed by atoms with Crippen LogP contribution in [0.15, 0.2) is 53.1 Å². The largest absolute Gasteiger partial charge is 0.452 e. The maximum atomic E-state index is 12.4. The van der Waals surface area contributed by atoms with E-state index in [2.05, 4.69) is 16.5 Å². The van der Waals surface area contributed by atoms with Gasteiger partial charge in [0.15, 0.2) is 12.4 Å². The fourth-order valence-corrected chi connectivity index (χ4v) is 2.71. The van der Waals surface area contributed by atoms with Gasteiger partial charge in [-0.3, -0.25) is 4.79 Å². The van der Waals surface area contributed by atoms with Crippen LogP contribution >= 0.6 is 0 Å². The number of ether oxygens (including phenoxy) is 1. The highest BCUT2D eigenvalue weighted by atomic mass is 16.5. The number of carbonyl (C=O) groups excluding carboxylic acids is 2. The highest BCUT2D eigenvalue weighted by Gasteiger charge is 2.30. The van der Waals surface area contributed by atoms with Crippen molar-refractivity contribution in [2.45, 2.75) is 26.3 Å². The molecule has 0 spiro atoms. The molecule has 7 heteroatoms. The van der Waals surface area contributed by atoms with Crippen molar-refractivity contribution >= 4 is 22.8 Å². The highest BCUT2D eigenvalue weighted by molar-refractivity contribution is 5.99. The van der Waals surface area contributed by atoms with E-state index in [1.54, 1.807) is 25.1 Å². The monoisotopic (exact) mass is 391 g/mol. The molecule has 29 heavy (non-hydrogen) atoms. The Labute approximate surface area is 168 Å². The fraction of sp³-hybridized carbons (Fsp3) is 0.273. The van der Waals surface area contributed by atoms with Crippen molar-refractivity contribution in [2.24, 2.45) is 5.92 Å². The van der Waals surface area contributed by atoms with Gasteiger partial charge in [-0.2, -0.15) is 5.26 Å². The third-order valence-corrected chi connectivity index (χ3v) is 4.87. The number of carbonyl (C=O) groups is 2. The Morgan fingerprint density at radius 2 is 1.97 bits per heavy atom. The first kappa shape index (κ1) is 20.1. The smallest absolute Gasteiger partial charge is 0.338 e. The predicted molar refractivity (Wildman–Crippen MR) is 107 cm³/mol. The van der Waals surface area contributed by atoms with Gasteiger partial charge in [-0.25, -0.2) is 4.79 Å². The molecule has 1 heterocycles. The number of hydrogen-bond acceptors (Lipinski definition) is 6. The van der Waals surface area contributed by atoms with E-state index in [9.17, 15) is 14.9 Å². The third-order valence-electron chi connectivity index (χ3n) is 4.87. The zero-order valence-electron chi connectivity index (χ0n) is 16.4. The van der Waals surface area contributed by atoms with Crippen LogP contribution in [0.2, 0.25) is 0 Å². The lowest BCUT2D eigenvalue weighted by Crippen LogP contribution is -2.50. The Hall–Kier alpha value is -3.66. The number of rotatable bonds is 6. The predicted octanol–water partition coefficient (Wildman–Crippen LogP) is 3.71. The molecule has 2 aromatic carbocycles. The minimum Gasteiger partial charge on any atom is -0.452 e. The fourth-order valence-electron chi connectivity index (χ4n) is 2.71. The van der Waals surface area contributed by atoms with E-state index in [-0.39, 0.29) is 11.5 Å². The first-order valence-electron chi connectivity index (χ1n) is 9.18. The quantitative estimate of drug-likeness (QED) is 0.642. The lowest BCUT2D eigenvalue weighted by Gasteiger charge is -2.27. The van der Waals surface area contributed by atoms with E-state index in [0.29, 0.717) is 16.7 Å². The highest BCUT2D eigenvalue weighted by Crippen LogP contribution is 2.29. The molecule has 0 fully saturated rings. The summed E-state index contributed by atoms with van der Waals surface area (Å²) in [7, 11) is 0. The average molecular weight is 391 g/mol. The van der Waals surface area contributed by atoms with Crippen LogP contribution in [0.5, 0.6) is 0 Å². The number of fused-ring (bicyclic) bond motifs is 1. The average Bonchev–Trinajstić information content (AvgIpc) is 3.15. The Morgan fingerprint density at radius 1 is 1.24 bits per heavy atom. The Bertz CT molecular complexity index is 1080. The molecule has 7 nitrogen and oxygen atoms in total. The number of esters is 1. The summed E-state index contributed by atoms with van der Waals surface area (Å²) in [5.41, 5.74) is 0.692. The maximum absolute atomic E-state index is 12.4. The molecule has 0 saturated heterocycles. The molecule has 3 aromatic rings. The normalized spacial score (nSPS) is 12.9. The van der Waals surface area contributed by atoms with Gasteiger partial charge in [0, 0.05) is 5.56 Å². The molecule has 148 valence electrons. The summed E-state index contributed by atoms with van der Waals surface area (Å²) >= 11 is 0. The van der Waals surface area contributed by atoms with Crippen LogP contribution in [0.25, 0.3) is 22.2 Å². The molecule has 0 unspecified atom stereocenters. The molecule has 1 atom stereocenters. The Kier molecular flexibility index (Phi) is 5.64. The summed E-state index contributed by atoms with van der Waals surface area (Å²) in [5, 5.41) is 16.6. The minimum atomic E-state index is -1.03. The molecule has 1 aromatic heterocycles. The minimum absolute atomic E-state index is 0.0976. The molecule has 0 radical (unpaired) electrons. The second kappa shape index (κ2) is 8.15. The van der Waals surface area contributed by atoms with Crippen molar-refractivity contribution in [1.29, 1.82) is 5.26 Å². The summed E-state index contributed by atoms with van der Waals surface area (Å²) in [6.45, 7) is 4.81. The number of nitrogens with one attached hydrogen (secondary N) is 1. The van der Waals surface area contributed by atoms with Crippen molar-refractivity contribution in [3.05, 3.63) is 54.1 Å². The van der Waals surface area contributed by atoms with Crippen LogP contribution in [-0.2, 0) is 9.53 Å². The number of nitriles is 1. The number of aromatic nitrogens is 1. The summed E-state index contributed by atoms with van der Waals surface area (Å²) in [6.07, 6.45) is 0. The maximum Gasteiger partial charge on any atom is 0.338 e. The van der Waals surface area contributed by atoms with Crippen molar-refractivity contribution in [3.63, 3.8) is 0 Å². The van der Waals surface area contributed by atoms with Gasteiger partial charge in [-0.1, -0.05) is 49.3 Å². The van der Waals surface area contributed by atoms with Gasteiger partial charge in [0.2, 0.25) is 0 Å². The second-order valence-corrected chi connectivity index (χ2v) is 7.20. The Morgan fingerprint density at radius 3 is 2.62 bits per heavy atom. The van der Waals surface area contributed by atoms with Gasteiger partial charge in [-0.15, -0.1) is 0 Å². The van der Waals surface area contributed by atoms with Crippen LogP contribution in [0.4, 0.5) is 0 Å². The van der Waals surface area contributed by atoms with Gasteiger partial charge < -0.3 is 14.6 Å². The van der Waals surface area contributed by atoms with Crippen LogP contribution in [0.3, 0.4) is 0 Å². The molecule has 0 aliphatic carbocycles. The second-order valence-electron chi connectivity index (χ2n) is 7.20. The summed E-state index contributed by atoms with van der Waals surface area (Å²) in [5.74, 6) is -0.730. The third kappa shape index (κ3) is 4.27. The number of hydrogen-bond donors (Lipinski definition) is 1. The first-order chi connectivity index (χ1) is 13.8. The SMILES string of the molecule is CC(C)[C@@](C)(C#N)NC(=O)COC(=O)c1ccc2noc(-c3ccccc3)c2c1. The molecule has 3 rings (SSSR count). The molecular weight excluding hydrogens is 370 g/mol. The molecule has 1 N–H and O–H groups in total. The van der Waals surface area contributed by atoms with Crippen molar-refractivity contribution < 1.29 is 18.8 Å². The van der Waals surface area contributed by atoms with Gasteiger partial charge in [0.05, 0.1) is 17.0 Å². The number of amides is 1. The van der Waals surface area contributed by atoms with Gasteiger partial charge >= 0.3 is 5.97 Å². The first-order valence-corrected chi connectivity index (χ1v) is 9.18. The van der Waals surface area contributed by atoms with E-state index < -0.39 is 24.0 Å². The van der Waals surface area contributed by atoms with E-state index in [1.807, 2.05) is 44.2 Å². The van der Waals surface area contributed by atoms with Crippen molar-refractivity contribution in [3.8, 4) is 17.4 Å². The molecule has 0 saturated carbocycles. The molecular formula is C22H21N3O4. The lowest BCUT2D eigenvalue weighted by atomic mass is 9.90. The lowest BCUT2D eigenvalue weighted by molar-refractivity contribution is -0.125. The summed E-state index contributed by atoms with van der Waals surface area (Å²) < 4.78 is 10.5. The standard InChI is InChI=1S/C22H21N3O4/c1-14(2)22(3,13-23)24-19(26)12-28-21(27)16-9-10-18-17(11-16)20(29-25-18)15-7-5-4-6-8-15/h4-11,14H,12H2,1-3H3,(H,24,26)/t22-/m1/s1. The van der Waals surface area contributed by atoms with E-state index in [0.717, 1.165) is 5.56 Å². The van der Waals surface area contributed by atoms with Crippen LogP contribution < -0.4 is 5.32 Å². The number of nitrogens with zero attached hydrogens (tertiary/aromatic N) is 2. The zero-order chi connectivity index (χ0) is 21.0. The van der Waals surface area contributed by atoms with Crippen LogP contribution in [0, 0.1) is 17.2 Å². The Balaban J connectivity index is 1.73. The molecule has 1 amide bonds.